The number of hydrogen-bond donors (Lipinski definition) is 1. The molecule has 0 spiro atoms. The number of carbonyl (C=O) groups is 1. The Kier molecular flexibility index (Phi) is 5.14. The van der Waals surface area contributed by atoms with Crippen molar-refractivity contribution in [2.45, 2.75) is 0 Å². The zero-order valence-electron chi connectivity index (χ0n) is 13.6. The molecule has 0 fully saturated rings. The predicted molar refractivity (Wildman–Crippen MR) is 96.9 cm³/mol. The smallest absolute Gasteiger partial charge is 0.272 e. The lowest BCUT2D eigenvalue weighted by molar-refractivity contribution is 0.0954. The molecule has 1 amide bonds. The van der Waals surface area contributed by atoms with Gasteiger partial charge in [0.15, 0.2) is 11.6 Å². The van der Waals surface area contributed by atoms with E-state index in [1.807, 2.05) is 30.3 Å². The van der Waals surface area contributed by atoms with Gasteiger partial charge < -0.3 is 4.74 Å². The van der Waals surface area contributed by atoms with Gasteiger partial charge in [0.2, 0.25) is 0 Å². The van der Waals surface area contributed by atoms with Crippen LogP contribution in [0.3, 0.4) is 0 Å². The number of hydrazone groups is 1. The Hall–Kier alpha value is -2.99. The van der Waals surface area contributed by atoms with E-state index in [1.54, 1.807) is 6.07 Å². The second-order valence-electron chi connectivity index (χ2n) is 5.35. The van der Waals surface area contributed by atoms with E-state index in [9.17, 15) is 13.6 Å². The molecule has 0 saturated heterocycles. The quantitative estimate of drug-likeness (QED) is 0.414. The molecule has 0 unspecified atom stereocenters. The highest BCUT2D eigenvalue weighted by Crippen LogP contribution is 2.26. The summed E-state index contributed by atoms with van der Waals surface area (Å²) in [6.45, 7) is 0. The van der Waals surface area contributed by atoms with E-state index < -0.39 is 17.5 Å². The molecule has 3 aromatic rings. The molecule has 0 aliphatic rings. The molecule has 0 radical (unpaired) electrons. The lowest BCUT2D eigenvalue weighted by Gasteiger charge is -2.08. The van der Waals surface area contributed by atoms with Crippen molar-refractivity contribution in [3.8, 4) is 5.75 Å². The van der Waals surface area contributed by atoms with Gasteiger partial charge in [-0.3, -0.25) is 4.79 Å². The van der Waals surface area contributed by atoms with Crippen LogP contribution in [0.25, 0.3) is 10.8 Å². The molecule has 0 bridgehead atoms. The number of methoxy groups -OCH3 is 1. The second kappa shape index (κ2) is 7.49. The maximum Gasteiger partial charge on any atom is 0.272 e. The number of hydrogen-bond acceptors (Lipinski definition) is 3. The van der Waals surface area contributed by atoms with Gasteiger partial charge in [-0.05, 0) is 29.0 Å². The van der Waals surface area contributed by atoms with Crippen LogP contribution in [0, 0.1) is 11.6 Å². The van der Waals surface area contributed by atoms with Gasteiger partial charge in [0.25, 0.3) is 5.91 Å². The van der Waals surface area contributed by atoms with Crippen LogP contribution in [0.15, 0.2) is 53.6 Å². The standard InChI is InChI=1S/C19H13ClF2N2O2/c1-26-18-7-6-11-4-2-3-5-12(11)14(18)10-23-24-19(25)13-8-16(21)17(22)9-15(13)20/h2-10H,1H3,(H,24,25)/b23-10-. The van der Waals surface area contributed by atoms with Crippen molar-refractivity contribution in [2.24, 2.45) is 5.10 Å². The van der Waals surface area contributed by atoms with Crippen LogP contribution in [0.5, 0.6) is 5.75 Å². The van der Waals surface area contributed by atoms with Gasteiger partial charge in [-0.2, -0.15) is 5.10 Å². The van der Waals surface area contributed by atoms with Crippen LogP contribution in [-0.2, 0) is 0 Å². The van der Waals surface area contributed by atoms with Crippen LogP contribution in [-0.4, -0.2) is 19.2 Å². The summed E-state index contributed by atoms with van der Waals surface area (Å²) in [5.74, 6) is -2.48. The van der Waals surface area contributed by atoms with Gasteiger partial charge in [0.05, 0.1) is 23.9 Å². The van der Waals surface area contributed by atoms with E-state index in [1.165, 1.54) is 13.3 Å². The van der Waals surface area contributed by atoms with Gasteiger partial charge in [-0.25, -0.2) is 14.2 Å². The molecule has 0 aliphatic heterocycles. The first-order valence-corrected chi connectivity index (χ1v) is 7.92. The molecule has 0 aliphatic carbocycles. The monoisotopic (exact) mass is 374 g/mol. The van der Waals surface area contributed by atoms with Crippen molar-refractivity contribution in [1.29, 1.82) is 0 Å². The number of halogens is 3. The zero-order chi connectivity index (χ0) is 18.7. The highest BCUT2D eigenvalue weighted by atomic mass is 35.5. The van der Waals surface area contributed by atoms with Crippen LogP contribution >= 0.6 is 11.6 Å². The Morgan fingerprint density at radius 2 is 1.88 bits per heavy atom. The number of ether oxygens (including phenoxy) is 1. The number of benzene rings is 3. The fraction of sp³-hybridized carbons (Fsp3) is 0.0526. The third-order valence-electron chi connectivity index (χ3n) is 3.76. The summed E-state index contributed by atoms with van der Waals surface area (Å²) in [7, 11) is 1.53. The van der Waals surface area contributed by atoms with Crippen molar-refractivity contribution in [3.05, 3.63) is 76.3 Å². The molecular formula is C19H13ClF2N2O2. The van der Waals surface area contributed by atoms with Crippen molar-refractivity contribution in [3.63, 3.8) is 0 Å². The van der Waals surface area contributed by atoms with E-state index in [2.05, 4.69) is 10.5 Å². The Balaban J connectivity index is 1.88. The zero-order valence-corrected chi connectivity index (χ0v) is 14.3. The minimum Gasteiger partial charge on any atom is -0.496 e. The van der Waals surface area contributed by atoms with Crippen LogP contribution in [0.1, 0.15) is 15.9 Å². The van der Waals surface area contributed by atoms with Crippen LogP contribution in [0.4, 0.5) is 8.78 Å². The Bertz CT molecular complexity index is 1020. The summed E-state index contributed by atoms with van der Waals surface area (Å²) < 4.78 is 31.7. The van der Waals surface area contributed by atoms with Crippen molar-refractivity contribution < 1.29 is 18.3 Å². The maximum atomic E-state index is 13.3. The molecule has 4 nitrogen and oxygen atoms in total. The summed E-state index contributed by atoms with van der Waals surface area (Å²) in [5, 5.41) is 5.54. The van der Waals surface area contributed by atoms with E-state index in [0.29, 0.717) is 11.3 Å². The van der Waals surface area contributed by atoms with Gasteiger partial charge in [0.1, 0.15) is 5.75 Å². The fourth-order valence-corrected chi connectivity index (χ4v) is 2.74. The van der Waals surface area contributed by atoms with Crippen LogP contribution in [0.2, 0.25) is 5.02 Å². The Morgan fingerprint density at radius 1 is 1.15 bits per heavy atom. The first-order chi connectivity index (χ1) is 12.5. The molecule has 1 N–H and O–H groups in total. The average Bonchev–Trinajstić information content (AvgIpc) is 2.64. The lowest BCUT2D eigenvalue weighted by Crippen LogP contribution is -2.18. The van der Waals surface area contributed by atoms with Crippen molar-refractivity contribution >= 4 is 34.5 Å². The average molecular weight is 375 g/mol. The third-order valence-corrected chi connectivity index (χ3v) is 4.08. The first-order valence-electron chi connectivity index (χ1n) is 7.55. The molecular weight excluding hydrogens is 362 g/mol. The highest BCUT2D eigenvalue weighted by molar-refractivity contribution is 6.33. The number of amides is 1. The summed E-state index contributed by atoms with van der Waals surface area (Å²) in [4.78, 5) is 12.1. The topological polar surface area (TPSA) is 50.7 Å². The fourth-order valence-electron chi connectivity index (χ4n) is 2.50. The van der Waals surface area contributed by atoms with Gasteiger partial charge in [-0.15, -0.1) is 0 Å². The Morgan fingerprint density at radius 3 is 2.65 bits per heavy atom. The van der Waals surface area contributed by atoms with Crippen molar-refractivity contribution in [1.82, 2.24) is 5.43 Å². The molecule has 0 aromatic heterocycles. The molecule has 3 aromatic carbocycles. The van der Waals surface area contributed by atoms with Gasteiger partial charge in [-0.1, -0.05) is 41.9 Å². The van der Waals surface area contributed by atoms with Crippen LogP contribution < -0.4 is 10.2 Å². The van der Waals surface area contributed by atoms with E-state index in [4.69, 9.17) is 16.3 Å². The van der Waals surface area contributed by atoms with Gasteiger partial charge in [0, 0.05) is 5.56 Å². The molecule has 0 atom stereocenters. The largest absolute Gasteiger partial charge is 0.496 e. The maximum absolute atomic E-state index is 13.3. The molecule has 26 heavy (non-hydrogen) atoms. The SMILES string of the molecule is COc1ccc2ccccc2c1/C=N\NC(=O)c1cc(F)c(F)cc1Cl. The Labute approximate surface area is 153 Å². The summed E-state index contributed by atoms with van der Waals surface area (Å²) in [5.41, 5.74) is 2.71. The minimum absolute atomic E-state index is 0.209. The molecule has 132 valence electrons. The molecule has 7 heteroatoms. The summed E-state index contributed by atoms with van der Waals surface area (Å²) in [6, 6.07) is 12.8. The molecule has 0 saturated carbocycles. The number of nitrogens with one attached hydrogen (secondary N) is 1. The number of fused-ring (bicyclic) bond motifs is 1. The van der Waals surface area contributed by atoms with Crippen molar-refractivity contribution in [2.75, 3.05) is 7.11 Å². The lowest BCUT2D eigenvalue weighted by atomic mass is 10.0. The summed E-state index contributed by atoms with van der Waals surface area (Å²) in [6.07, 6.45) is 1.42. The highest BCUT2D eigenvalue weighted by Gasteiger charge is 2.14. The van der Waals surface area contributed by atoms with E-state index in [0.717, 1.165) is 22.9 Å². The second-order valence-corrected chi connectivity index (χ2v) is 5.76. The van der Waals surface area contributed by atoms with E-state index >= 15 is 0 Å². The number of nitrogens with zero attached hydrogens (tertiary/aromatic N) is 1. The molecule has 0 heterocycles. The first kappa shape index (κ1) is 17.8. The summed E-state index contributed by atoms with van der Waals surface area (Å²) >= 11 is 5.78. The molecule has 3 rings (SSSR count). The number of rotatable bonds is 4. The third kappa shape index (κ3) is 3.50. The number of carbonyl (C=O) groups excluding carboxylic acids is 1. The normalized spacial score (nSPS) is 11.1. The predicted octanol–water partition coefficient (Wildman–Crippen LogP) is 4.54. The minimum atomic E-state index is -1.17. The van der Waals surface area contributed by atoms with E-state index in [-0.39, 0.29) is 10.6 Å². The van der Waals surface area contributed by atoms with Gasteiger partial charge >= 0.3 is 0 Å².